The smallest absolute Gasteiger partial charge is 0.141 e. The predicted octanol–water partition coefficient (Wildman–Crippen LogP) is 4.11. The van der Waals surface area contributed by atoms with E-state index in [2.05, 4.69) is 54.6 Å². The summed E-state index contributed by atoms with van der Waals surface area (Å²) < 4.78 is 2.20. The quantitative estimate of drug-likeness (QED) is 0.713. The molecule has 0 aliphatic rings. The van der Waals surface area contributed by atoms with Crippen LogP contribution < -0.4 is 0 Å². The lowest BCUT2D eigenvalue weighted by atomic mass is 10.0. The first-order valence-corrected chi connectivity index (χ1v) is 7.14. The summed E-state index contributed by atoms with van der Waals surface area (Å²) in [5.74, 6) is 2.50. The van der Waals surface area contributed by atoms with Crippen LogP contribution in [0.3, 0.4) is 0 Å². The Balaban J connectivity index is 2.34. The SMILES string of the molecule is CCc1nc2ccccc2n1-c1ncccc1C(C)C. The van der Waals surface area contributed by atoms with Gasteiger partial charge < -0.3 is 0 Å². The van der Waals surface area contributed by atoms with E-state index < -0.39 is 0 Å². The van der Waals surface area contributed by atoms with E-state index >= 15 is 0 Å². The highest BCUT2D eigenvalue weighted by atomic mass is 15.1. The van der Waals surface area contributed by atoms with Gasteiger partial charge in [0, 0.05) is 12.6 Å². The maximum atomic E-state index is 4.73. The van der Waals surface area contributed by atoms with Crippen LogP contribution in [0.2, 0.25) is 0 Å². The first kappa shape index (κ1) is 12.9. The third kappa shape index (κ3) is 1.99. The van der Waals surface area contributed by atoms with Crippen LogP contribution in [0.15, 0.2) is 42.6 Å². The van der Waals surface area contributed by atoms with Gasteiger partial charge in [0.05, 0.1) is 11.0 Å². The maximum Gasteiger partial charge on any atom is 0.141 e. The Morgan fingerprint density at radius 3 is 2.65 bits per heavy atom. The maximum absolute atomic E-state index is 4.73. The van der Waals surface area contributed by atoms with Crippen molar-refractivity contribution in [3.63, 3.8) is 0 Å². The number of rotatable bonds is 3. The average molecular weight is 265 g/mol. The van der Waals surface area contributed by atoms with Crippen LogP contribution in [0.25, 0.3) is 16.9 Å². The van der Waals surface area contributed by atoms with E-state index in [1.807, 2.05) is 18.3 Å². The third-order valence-electron chi connectivity index (χ3n) is 3.60. The molecule has 0 radical (unpaired) electrons. The second-order valence-electron chi connectivity index (χ2n) is 5.28. The van der Waals surface area contributed by atoms with E-state index in [4.69, 9.17) is 4.98 Å². The van der Waals surface area contributed by atoms with E-state index in [0.717, 1.165) is 29.1 Å². The zero-order chi connectivity index (χ0) is 14.1. The lowest BCUT2D eigenvalue weighted by Gasteiger charge is -2.14. The Morgan fingerprint density at radius 1 is 1.10 bits per heavy atom. The summed E-state index contributed by atoms with van der Waals surface area (Å²) in [7, 11) is 0. The molecule has 0 aliphatic carbocycles. The number of aryl methyl sites for hydroxylation is 1. The van der Waals surface area contributed by atoms with Gasteiger partial charge in [-0.3, -0.25) is 4.57 Å². The lowest BCUT2D eigenvalue weighted by molar-refractivity contribution is 0.811. The van der Waals surface area contributed by atoms with Gasteiger partial charge in [-0.25, -0.2) is 9.97 Å². The first-order valence-electron chi connectivity index (χ1n) is 7.14. The third-order valence-corrected chi connectivity index (χ3v) is 3.60. The number of fused-ring (bicyclic) bond motifs is 1. The normalized spacial score (nSPS) is 11.4. The van der Waals surface area contributed by atoms with Crippen molar-refractivity contribution in [2.75, 3.05) is 0 Å². The largest absolute Gasteiger partial charge is 0.280 e. The fourth-order valence-electron chi connectivity index (χ4n) is 2.60. The van der Waals surface area contributed by atoms with Crippen molar-refractivity contribution in [3.8, 4) is 5.82 Å². The van der Waals surface area contributed by atoms with Crippen molar-refractivity contribution in [2.45, 2.75) is 33.1 Å². The zero-order valence-corrected chi connectivity index (χ0v) is 12.2. The molecule has 0 saturated carbocycles. The molecule has 20 heavy (non-hydrogen) atoms. The number of aromatic nitrogens is 3. The highest BCUT2D eigenvalue weighted by Crippen LogP contribution is 2.26. The van der Waals surface area contributed by atoms with E-state index in [1.54, 1.807) is 0 Å². The number of benzene rings is 1. The van der Waals surface area contributed by atoms with E-state index in [-0.39, 0.29) is 0 Å². The number of hydrogen-bond donors (Lipinski definition) is 0. The molecule has 0 amide bonds. The standard InChI is InChI=1S/C17H19N3/c1-4-16-19-14-9-5-6-10-15(14)20(16)17-13(12(2)3)8-7-11-18-17/h5-12H,4H2,1-3H3. The molecule has 2 heterocycles. The predicted molar refractivity (Wildman–Crippen MR) is 82.3 cm³/mol. The molecule has 0 bridgehead atoms. The van der Waals surface area contributed by atoms with Gasteiger partial charge in [-0.15, -0.1) is 0 Å². The van der Waals surface area contributed by atoms with Gasteiger partial charge in [-0.2, -0.15) is 0 Å². The Labute approximate surface area is 119 Å². The van der Waals surface area contributed by atoms with Crippen molar-refractivity contribution in [3.05, 3.63) is 54.0 Å². The molecule has 0 atom stereocenters. The van der Waals surface area contributed by atoms with Gasteiger partial charge >= 0.3 is 0 Å². The number of para-hydroxylation sites is 2. The summed E-state index contributed by atoms with van der Waals surface area (Å²) >= 11 is 0. The average Bonchev–Trinajstić information content (AvgIpc) is 2.85. The lowest BCUT2D eigenvalue weighted by Crippen LogP contribution is -2.07. The molecule has 0 fully saturated rings. The topological polar surface area (TPSA) is 30.7 Å². The Bertz CT molecular complexity index is 741. The van der Waals surface area contributed by atoms with Gasteiger partial charge in [0.1, 0.15) is 11.6 Å². The number of imidazole rings is 1. The van der Waals surface area contributed by atoms with Gasteiger partial charge in [-0.1, -0.05) is 39.0 Å². The molecule has 0 N–H and O–H groups in total. The van der Waals surface area contributed by atoms with E-state index in [1.165, 1.54) is 5.56 Å². The van der Waals surface area contributed by atoms with Crippen LogP contribution in [0, 0.1) is 0 Å². The Hall–Kier alpha value is -2.16. The summed E-state index contributed by atoms with van der Waals surface area (Å²) in [6.07, 6.45) is 2.75. The molecule has 0 spiro atoms. The fraction of sp³-hybridized carbons (Fsp3) is 0.294. The molecular weight excluding hydrogens is 246 g/mol. The summed E-state index contributed by atoms with van der Waals surface area (Å²) in [5.41, 5.74) is 3.42. The Kier molecular flexibility index (Phi) is 3.26. The molecule has 102 valence electrons. The minimum Gasteiger partial charge on any atom is -0.280 e. The molecule has 3 aromatic rings. The summed E-state index contributed by atoms with van der Waals surface area (Å²) in [6, 6.07) is 12.4. The van der Waals surface area contributed by atoms with Crippen molar-refractivity contribution < 1.29 is 0 Å². The number of hydrogen-bond acceptors (Lipinski definition) is 2. The van der Waals surface area contributed by atoms with Crippen molar-refractivity contribution >= 4 is 11.0 Å². The molecule has 3 heteroatoms. The van der Waals surface area contributed by atoms with Crippen molar-refractivity contribution in [1.82, 2.24) is 14.5 Å². The van der Waals surface area contributed by atoms with Crippen LogP contribution in [-0.4, -0.2) is 14.5 Å². The second-order valence-corrected chi connectivity index (χ2v) is 5.28. The number of pyridine rings is 1. The zero-order valence-electron chi connectivity index (χ0n) is 12.2. The molecule has 0 saturated heterocycles. The van der Waals surface area contributed by atoms with E-state index in [0.29, 0.717) is 5.92 Å². The highest BCUT2D eigenvalue weighted by molar-refractivity contribution is 5.78. The molecule has 3 rings (SSSR count). The van der Waals surface area contributed by atoms with Crippen LogP contribution in [0.1, 0.15) is 38.1 Å². The van der Waals surface area contributed by atoms with Gasteiger partial charge in [0.2, 0.25) is 0 Å². The minimum atomic E-state index is 0.435. The highest BCUT2D eigenvalue weighted by Gasteiger charge is 2.15. The van der Waals surface area contributed by atoms with Crippen molar-refractivity contribution in [1.29, 1.82) is 0 Å². The van der Waals surface area contributed by atoms with Gasteiger partial charge in [-0.05, 0) is 29.7 Å². The minimum absolute atomic E-state index is 0.435. The van der Waals surface area contributed by atoms with E-state index in [9.17, 15) is 0 Å². The molecular formula is C17H19N3. The first-order chi connectivity index (χ1) is 9.72. The molecule has 0 unspecified atom stereocenters. The Morgan fingerprint density at radius 2 is 1.90 bits per heavy atom. The molecule has 3 nitrogen and oxygen atoms in total. The summed E-state index contributed by atoms with van der Waals surface area (Å²) in [6.45, 7) is 6.53. The monoisotopic (exact) mass is 265 g/mol. The van der Waals surface area contributed by atoms with Gasteiger partial charge in [0.25, 0.3) is 0 Å². The summed E-state index contributed by atoms with van der Waals surface area (Å²) in [4.78, 5) is 9.36. The van der Waals surface area contributed by atoms with Crippen LogP contribution >= 0.6 is 0 Å². The molecule has 2 aromatic heterocycles. The summed E-state index contributed by atoms with van der Waals surface area (Å²) in [5, 5.41) is 0. The molecule has 0 aliphatic heterocycles. The second kappa shape index (κ2) is 5.08. The molecule has 1 aromatic carbocycles. The van der Waals surface area contributed by atoms with Crippen LogP contribution in [0.5, 0.6) is 0 Å². The number of nitrogens with zero attached hydrogens (tertiary/aromatic N) is 3. The fourth-order valence-corrected chi connectivity index (χ4v) is 2.60. The van der Waals surface area contributed by atoms with Gasteiger partial charge in [0.15, 0.2) is 0 Å². The van der Waals surface area contributed by atoms with Crippen LogP contribution in [0.4, 0.5) is 0 Å². The van der Waals surface area contributed by atoms with Crippen molar-refractivity contribution in [2.24, 2.45) is 0 Å². The van der Waals surface area contributed by atoms with Crippen LogP contribution in [-0.2, 0) is 6.42 Å².